The van der Waals surface area contributed by atoms with Crippen molar-refractivity contribution in [3.63, 3.8) is 0 Å². The number of carbonyl (C=O) groups excluding carboxylic acids is 1. The van der Waals surface area contributed by atoms with E-state index in [1.165, 1.54) is 16.8 Å². The Balaban J connectivity index is 1.51. The number of hydrogen-bond donors (Lipinski definition) is 1. The summed E-state index contributed by atoms with van der Waals surface area (Å²) in [4.78, 5) is 12.6. The third-order valence-corrected chi connectivity index (χ3v) is 6.35. The van der Waals surface area contributed by atoms with Crippen molar-refractivity contribution in [3.05, 3.63) is 111 Å². The van der Waals surface area contributed by atoms with Gasteiger partial charge in [0.05, 0.1) is 15.2 Å². The molecule has 0 bridgehead atoms. The van der Waals surface area contributed by atoms with E-state index in [1.54, 1.807) is 30.3 Å². The molecule has 4 aromatic rings. The largest absolute Gasteiger partial charge is 0.488 e. The van der Waals surface area contributed by atoms with Crippen molar-refractivity contribution in [2.45, 2.75) is 13.5 Å². The Morgan fingerprint density at radius 3 is 2.62 bits per heavy atom. The fraction of sp³-hybridized carbons (Fsp3) is 0.0714. The van der Waals surface area contributed by atoms with Crippen LogP contribution in [-0.4, -0.2) is 5.91 Å². The minimum absolute atomic E-state index is 0.0353. The Morgan fingerprint density at radius 1 is 1.09 bits per heavy atom. The molecule has 0 aliphatic carbocycles. The third-order valence-electron chi connectivity index (χ3n) is 5.40. The first-order valence-electron chi connectivity index (χ1n) is 10.5. The van der Waals surface area contributed by atoms with Crippen LogP contribution >= 0.6 is 27.5 Å². The molecule has 0 spiro atoms. The second-order valence-electron chi connectivity index (χ2n) is 7.66. The number of para-hydroxylation sites is 1. The van der Waals surface area contributed by atoms with Gasteiger partial charge in [-0.2, -0.15) is 5.26 Å². The Bertz CT molecular complexity index is 1460. The molecule has 0 aliphatic heterocycles. The van der Waals surface area contributed by atoms with Crippen LogP contribution in [0.25, 0.3) is 16.8 Å². The first-order chi connectivity index (χ1) is 16.5. The van der Waals surface area contributed by atoms with Crippen molar-refractivity contribution < 1.29 is 9.53 Å². The SMILES string of the molecule is Cc1ccc2ccccc2c1COc1ccc(/C=C(\C#N)C(=O)Nc2ccccc2Cl)cc1Br. The van der Waals surface area contributed by atoms with Crippen LogP contribution in [0.2, 0.25) is 5.02 Å². The number of nitrogens with zero attached hydrogens (tertiary/aromatic N) is 1. The normalized spacial score (nSPS) is 11.2. The predicted molar refractivity (Wildman–Crippen MR) is 141 cm³/mol. The van der Waals surface area contributed by atoms with Crippen LogP contribution in [0.4, 0.5) is 5.69 Å². The maximum absolute atomic E-state index is 12.6. The molecule has 1 amide bonds. The number of carbonyl (C=O) groups is 1. The molecule has 1 N–H and O–H groups in total. The number of hydrogen-bond acceptors (Lipinski definition) is 3. The molecule has 168 valence electrons. The van der Waals surface area contributed by atoms with E-state index >= 15 is 0 Å². The zero-order chi connectivity index (χ0) is 24.1. The van der Waals surface area contributed by atoms with Crippen LogP contribution in [0, 0.1) is 18.3 Å². The molecule has 0 saturated carbocycles. The Labute approximate surface area is 211 Å². The molecule has 0 aromatic heterocycles. The smallest absolute Gasteiger partial charge is 0.266 e. The highest BCUT2D eigenvalue weighted by atomic mass is 79.9. The molecular weight excluding hydrogens is 512 g/mol. The molecule has 0 saturated heterocycles. The summed E-state index contributed by atoms with van der Waals surface area (Å²) >= 11 is 9.64. The van der Waals surface area contributed by atoms with E-state index in [2.05, 4.69) is 52.4 Å². The summed E-state index contributed by atoms with van der Waals surface area (Å²) in [5, 5.41) is 14.9. The molecule has 34 heavy (non-hydrogen) atoms. The van der Waals surface area contributed by atoms with Crippen molar-refractivity contribution in [2.75, 3.05) is 5.32 Å². The van der Waals surface area contributed by atoms with Crippen molar-refractivity contribution in [2.24, 2.45) is 0 Å². The van der Waals surface area contributed by atoms with Crippen molar-refractivity contribution in [1.29, 1.82) is 5.26 Å². The molecule has 0 atom stereocenters. The second kappa shape index (κ2) is 10.6. The maximum atomic E-state index is 12.6. The van der Waals surface area contributed by atoms with E-state index in [1.807, 2.05) is 30.3 Å². The molecule has 0 aliphatic rings. The zero-order valence-corrected chi connectivity index (χ0v) is 20.7. The van der Waals surface area contributed by atoms with Crippen molar-refractivity contribution in [1.82, 2.24) is 0 Å². The first-order valence-corrected chi connectivity index (χ1v) is 11.7. The highest BCUT2D eigenvalue weighted by Gasteiger charge is 2.12. The number of ether oxygens (including phenoxy) is 1. The summed E-state index contributed by atoms with van der Waals surface area (Å²) < 4.78 is 6.84. The van der Waals surface area contributed by atoms with E-state index in [4.69, 9.17) is 16.3 Å². The average molecular weight is 532 g/mol. The van der Waals surface area contributed by atoms with Crippen LogP contribution in [0.3, 0.4) is 0 Å². The monoisotopic (exact) mass is 530 g/mol. The van der Waals surface area contributed by atoms with Gasteiger partial charge in [-0.15, -0.1) is 0 Å². The van der Waals surface area contributed by atoms with Gasteiger partial charge < -0.3 is 10.1 Å². The third kappa shape index (κ3) is 5.31. The average Bonchev–Trinajstić information content (AvgIpc) is 2.84. The fourth-order valence-corrected chi connectivity index (χ4v) is 4.27. The highest BCUT2D eigenvalue weighted by molar-refractivity contribution is 9.10. The summed E-state index contributed by atoms with van der Waals surface area (Å²) in [7, 11) is 0. The van der Waals surface area contributed by atoms with E-state index < -0.39 is 5.91 Å². The summed E-state index contributed by atoms with van der Waals surface area (Å²) in [6, 6.07) is 26.7. The van der Waals surface area contributed by atoms with E-state index in [-0.39, 0.29) is 5.57 Å². The van der Waals surface area contributed by atoms with Crippen LogP contribution in [0.15, 0.2) is 88.9 Å². The van der Waals surface area contributed by atoms with Crippen LogP contribution in [0.1, 0.15) is 16.7 Å². The predicted octanol–water partition coefficient (Wildman–Crippen LogP) is 7.69. The summed E-state index contributed by atoms with van der Waals surface area (Å²) in [6.07, 6.45) is 1.52. The lowest BCUT2D eigenvalue weighted by molar-refractivity contribution is -0.112. The summed E-state index contributed by atoms with van der Waals surface area (Å²) in [5.41, 5.74) is 3.40. The minimum atomic E-state index is -0.529. The number of rotatable bonds is 6. The fourth-order valence-electron chi connectivity index (χ4n) is 3.58. The van der Waals surface area contributed by atoms with Gasteiger partial charge in [0.1, 0.15) is 24.0 Å². The quantitative estimate of drug-likeness (QED) is 0.205. The number of nitrogens with one attached hydrogen (secondary N) is 1. The number of nitriles is 1. The first kappa shape index (κ1) is 23.6. The Hall–Kier alpha value is -3.59. The lowest BCUT2D eigenvalue weighted by atomic mass is 10.0. The number of anilines is 1. The summed E-state index contributed by atoms with van der Waals surface area (Å²) in [5.74, 6) is 0.141. The van der Waals surface area contributed by atoms with Gasteiger partial charge in [-0.3, -0.25) is 4.79 Å². The number of benzene rings is 4. The van der Waals surface area contributed by atoms with E-state index in [9.17, 15) is 10.1 Å². The molecule has 0 radical (unpaired) electrons. The number of amides is 1. The van der Waals surface area contributed by atoms with Gasteiger partial charge in [0, 0.05) is 5.56 Å². The molecule has 6 heteroatoms. The van der Waals surface area contributed by atoms with Gasteiger partial charge in [0.2, 0.25) is 0 Å². The van der Waals surface area contributed by atoms with Gasteiger partial charge in [-0.05, 0) is 75.1 Å². The van der Waals surface area contributed by atoms with E-state index in [0.717, 1.165) is 15.6 Å². The van der Waals surface area contributed by atoms with Crippen molar-refractivity contribution >= 4 is 56.0 Å². The molecule has 4 rings (SSSR count). The number of halogens is 2. The molecular formula is C28H20BrClN2O2. The molecule has 4 nitrogen and oxygen atoms in total. The number of aryl methyl sites for hydroxylation is 1. The van der Waals surface area contributed by atoms with Gasteiger partial charge in [0.15, 0.2) is 0 Å². The zero-order valence-electron chi connectivity index (χ0n) is 18.3. The number of fused-ring (bicyclic) bond motifs is 1. The van der Waals surface area contributed by atoms with Crippen molar-refractivity contribution in [3.8, 4) is 11.8 Å². The highest BCUT2D eigenvalue weighted by Crippen LogP contribution is 2.30. The van der Waals surface area contributed by atoms with Gasteiger partial charge in [-0.25, -0.2) is 0 Å². The van der Waals surface area contributed by atoms with Gasteiger partial charge in [-0.1, -0.05) is 66.2 Å². The van der Waals surface area contributed by atoms with Crippen LogP contribution in [-0.2, 0) is 11.4 Å². The maximum Gasteiger partial charge on any atom is 0.266 e. The lowest BCUT2D eigenvalue weighted by Gasteiger charge is -2.13. The van der Waals surface area contributed by atoms with Crippen LogP contribution in [0.5, 0.6) is 5.75 Å². The van der Waals surface area contributed by atoms with Gasteiger partial charge >= 0.3 is 0 Å². The van der Waals surface area contributed by atoms with E-state index in [0.29, 0.717) is 28.6 Å². The standard InChI is InChI=1S/C28H20BrClN2O2/c1-18-10-12-20-6-2-3-7-22(20)23(18)17-34-27-13-11-19(15-24(27)29)14-21(16-31)28(33)32-26-9-5-4-8-25(26)30/h2-15H,17H2,1H3,(H,32,33)/b21-14+. The Kier molecular flexibility index (Phi) is 7.32. The summed E-state index contributed by atoms with van der Waals surface area (Å²) in [6.45, 7) is 2.50. The van der Waals surface area contributed by atoms with Gasteiger partial charge in [0.25, 0.3) is 5.91 Å². The molecule has 0 fully saturated rings. The second-order valence-corrected chi connectivity index (χ2v) is 8.93. The molecule has 0 unspecified atom stereocenters. The Morgan fingerprint density at radius 2 is 1.85 bits per heavy atom. The lowest BCUT2D eigenvalue weighted by Crippen LogP contribution is -2.13. The molecule has 4 aromatic carbocycles. The topological polar surface area (TPSA) is 62.1 Å². The molecule has 0 heterocycles. The van der Waals surface area contributed by atoms with Crippen LogP contribution < -0.4 is 10.1 Å². The minimum Gasteiger partial charge on any atom is -0.488 e.